The minimum atomic E-state index is -3.11. The second kappa shape index (κ2) is 5.22. The minimum absolute atomic E-state index is 0.00505. The normalized spacial score (nSPS) is 39.1. The highest BCUT2D eigenvalue weighted by molar-refractivity contribution is 7.91. The van der Waals surface area contributed by atoms with Crippen molar-refractivity contribution in [2.24, 2.45) is 0 Å². The van der Waals surface area contributed by atoms with Gasteiger partial charge in [0.15, 0.2) is 9.84 Å². The molecule has 2 saturated heterocycles. The number of aliphatic hydroxyl groups is 2. The van der Waals surface area contributed by atoms with E-state index in [1.807, 2.05) is 4.90 Å². The lowest BCUT2D eigenvalue weighted by Gasteiger charge is -2.34. The third-order valence-corrected chi connectivity index (χ3v) is 5.55. The Morgan fingerprint density at radius 2 is 1.94 bits per heavy atom. The van der Waals surface area contributed by atoms with Crippen LogP contribution in [0.1, 0.15) is 25.7 Å². The van der Waals surface area contributed by atoms with Crippen LogP contribution in [0.4, 0.5) is 0 Å². The summed E-state index contributed by atoms with van der Waals surface area (Å²) in [7, 11) is -3.11. The highest BCUT2D eigenvalue weighted by Crippen LogP contribution is 2.25. The average molecular weight is 263 g/mol. The Kier molecular flexibility index (Phi) is 4.07. The molecule has 100 valence electrons. The maximum absolute atomic E-state index is 11.5. The van der Waals surface area contributed by atoms with Crippen molar-refractivity contribution < 1.29 is 18.6 Å². The summed E-state index contributed by atoms with van der Waals surface area (Å²) in [5, 5.41) is 19.3. The van der Waals surface area contributed by atoms with Crippen molar-refractivity contribution in [2.45, 2.75) is 43.9 Å². The van der Waals surface area contributed by atoms with Gasteiger partial charge in [0.2, 0.25) is 0 Å². The monoisotopic (exact) mass is 263 g/mol. The third kappa shape index (κ3) is 2.99. The minimum Gasteiger partial charge on any atom is -0.395 e. The molecule has 0 radical (unpaired) electrons. The third-order valence-electron chi connectivity index (χ3n) is 3.85. The summed E-state index contributed by atoms with van der Waals surface area (Å²) in [6.07, 6.45) is 3.28. The van der Waals surface area contributed by atoms with Crippen LogP contribution in [0.3, 0.4) is 0 Å². The second-order valence-corrected chi connectivity index (χ2v) is 7.29. The molecule has 0 aromatic heterocycles. The molecule has 2 N–H and O–H groups in total. The first kappa shape index (κ1) is 13.3. The maximum Gasteiger partial charge on any atom is 0.154 e. The number of hydrogen-bond acceptors (Lipinski definition) is 5. The molecular weight excluding hydrogens is 242 g/mol. The Hall–Kier alpha value is -0.170. The van der Waals surface area contributed by atoms with Crippen LogP contribution in [-0.2, 0) is 9.84 Å². The maximum atomic E-state index is 11.5. The molecule has 0 spiro atoms. The van der Waals surface area contributed by atoms with Crippen LogP contribution in [0.5, 0.6) is 0 Å². The Bertz CT molecular complexity index is 356. The van der Waals surface area contributed by atoms with Gasteiger partial charge in [-0.2, -0.15) is 0 Å². The van der Waals surface area contributed by atoms with Gasteiger partial charge in [0, 0.05) is 6.04 Å². The van der Waals surface area contributed by atoms with Gasteiger partial charge in [-0.15, -0.1) is 0 Å². The number of rotatable bonds is 2. The molecule has 2 fully saturated rings. The van der Waals surface area contributed by atoms with E-state index >= 15 is 0 Å². The van der Waals surface area contributed by atoms with Gasteiger partial charge in [-0.3, -0.25) is 4.90 Å². The SMILES string of the molecule is O=S1(=O)CC(O)C(N2CCCCCC2CO)C1. The first-order chi connectivity index (χ1) is 8.03. The molecule has 2 heterocycles. The molecule has 2 rings (SSSR count). The van der Waals surface area contributed by atoms with Crippen molar-refractivity contribution in [1.29, 1.82) is 0 Å². The Labute approximate surface area is 102 Å². The zero-order chi connectivity index (χ0) is 12.5. The zero-order valence-corrected chi connectivity index (χ0v) is 10.8. The van der Waals surface area contributed by atoms with Crippen LogP contribution in [0.15, 0.2) is 0 Å². The second-order valence-electron chi connectivity index (χ2n) is 5.14. The van der Waals surface area contributed by atoms with E-state index in [2.05, 4.69) is 0 Å². The van der Waals surface area contributed by atoms with E-state index in [4.69, 9.17) is 0 Å². The molecule has 2 aliphatic heterocycles. The Morgan fingerprint density at radius 3 is 2.53 bits per heavy atom. The molecule has 6 heteroatoms. The van der Waals surface area contributed by atoms with Crippen LogP contribution in [0.25, 0.3) is 0 Å². The van der Waals surface area contributed by atoms with Crippen molar-refractivity contribution in [1.82, 2.24) is 4.90 Å². The average Bonchev–Trinajstić information content (AvgIpc) is 2.46. The van der Waals surface area contributed by atoms with E-state index in [1.54, 1.807) is 0 Å². The molecule has 3 atom stereocenters. The van der Waals surface area contributed by atoms with Gasteiger partial charge in [-0.25, -0.2) is 8.42 Å². The fourth-order valence-electron chi connectivity index (χ4n) is 2.96. The summed E-state index contributed by atoms with van der Waals surface area (Å²) in [6, 6.07) is -0.319. The summed E-state index contributed by atoms with van der Waals surface area (Å²) in [5.74, 6) is -0.100. The van der Waals surface area contributed by atoms with Gasteiger partial charge in [0.05, 0.1) is 30.3 Å². The standard InChI is InChI=1S/C11H21NO4S/c13-6-9-4-2-1-3-5-12(9)10-7-17(15,16)8-11(10)14/h9-11,13-14H,1-8H2. The van der Waals surface area contributed by atoms with E-state index in [-0.39, 0.29) is 30.2 Å². The number of nitrogens with zero attached hydrogens (tertiary/aromatic N) is 1. The number of sulfone groups is 1. The summed E-state index contributed by atoms with van der Waals surface area (Å²) in [4.78, 5) is 2.02. The van der Waals surface area contributed by atoms with Crippen molar-refractivity contribution in [3.8, 4) is 0 Å². The van der Waals surface area contributed by atoms with E-state index < -0.39 is 15.9 Å². The van der Waals surface area contributed by atoms with Gasteiger partial charge in [0.25, 0.3) is 0 Å². The van der Waals surface area contributed by atoms with Crippen molar-refractivity contribution in [3.63, 3.8) is 0 Å². The molecule has 3 unspecified atom stereocenters. The predicted molar refractivity (Wildman–Crippen MR) is 64.5 cm³/mol. The van der Waals surface area contributed by atoms with Crippen LogP contribution in [0, 0.1) is 0 Å². The van der Waals surface area contributed by atoms with E-state index in [1.165, 1.54) is 0 Å². The highest BCUT2D eigenvalue weighted by atomic mass is 32.2. The first-order valence-corrected chi connectivity index (χ1v) is 8.11. The number of hydrogen-bond donors (Lipinski definition) is 2. The molecular formula is C11H21NO4S. The topological polar surface area (TPSA) is 77.8 Å². The van der Waals surface area contributed by atoms with Crippen LogP contribution in [-0.4, -0.2) is 66.4 Å². The largest absolute Gasteiger partial charge is 0.395 e. The molecule has 0 aliphatic carbocycles. The molecule has 0 bridgehead atoms. The summed E-state index contributed by atoms with van der Waals surface area (Å²) >= 11 is 0. The van der Waals surface area contributed by atoms with Crippen LogP contribution >= 0.6 is 0 Å². The van der Waals surface area contributed by atoms with Gasteiger partial charge in [-0.1, -0.05) is 12.8 Å². The summed E-state index contributed by atoms with van der Waals surface area (Å²) in [5.41, 5.74) is 0. The van der Waals surface area contributed by atoms with E-state index in [9.17, 15) is 18.6 Å². The van der Waals surface area contributed by atoms with Crippen LogP contribution in [0.2, 0.25) is 0 Å². The Balaban J connectivity index is 2.13. The van der Waals surface area contributed by atoms with Gasteiger partial charge in [0.1, 0.15) is 0 Å². The van der Waals surface area contributed by atoms with Crippen molar-refractivity contribution in [2.75, 3.05) is 24.7 Å². The number of likely N-dealkylation sites (tertiary alicyclic amines) is 1. The molecule has 17 heavy (non-hydrogen) atoms. The molecule has 0 saturated carbocycles. The van der Waals surface area contributed by atoms with Gasteiger partial charge < -0.3 is 10.2 Å². The fourth-order valence-corrected chi connectivity index (χ4v) is 4.77. The summed E-state index contributed by atoms with van der Waals surface area (Å²) < 4.78 is 23.1. The molecule has 0 aromatic rings. The molecule has 0 aromatic carbocycles. The van der Waals surface area contributed by atoms with E-state index in [0.29, 0.717) is 0 Å². The van der Waals surface area contributed by atoms with Crippen LogP contribution < -0.4 is 0 Å². The Morgan fingerprint density at radius 1 is 1.18 bits per heavy atom. The fraction of sp³-hybridized carbons (Fsp3) is 1.00. The molecule has 2 aliphatic rings. The van der Waals surface area contributed by atoms with Crippen molar-refractivity contribution >= 4 is 9.84 Å². The highest BCUT2D eigenvalue weighted by Gasteiger charge is 2.42. The van der Waals surface area contributed by atoms with Gasteiger partial charge >= 0.3 is 0 Å². The van der Waals surface area contributed by atoms with E-state index in [0.717, 1.165) is 32.2 Å². The molecule has 5 nitrogen and oxygen atoms in total. The molecule has 0 amide bonds. The smallest absolute Gasteiger partial charge is 0.154 e. The van der Waals surface area contributed by atoms with Crippen molar-refractivity contribution in [3.05, 3.63) is 0 Å². The summed E-state index contributed by atoms with van der Waals surface area (Å²) in [6.45, 7) is 0.825. The quantitative estimate of drug-likeness (QED) is 0.694. The lowest BCUT2D eigenvalue weighted by Crippen LogP contribution is -2.50. The lowest BCUT2D eigenvalue weighted by molar-refractivity contribution is 0.0339. The zero-order valence-electron chi connectivity index (χ0n) is 9.96. The predicted octanol–water partition coefficient (Wildman–Crippen LogP) is -0.619. The lowest BCUT2D eigenvalue weighted by atomic mass is 10.1. The van der Waals surface area contributed by atoms with Gasteiger partial charge in [-0.05, 0) is 19.4 Å². The first-order valence-electron chi connectivity index (χ1n) is 6.28. The number of aliphatic hydroxyl groups excluding tert-OH is 2.